The summed E-state index contributed by atoms with van der Waals surface area (Å²) >= 11 is 0. The van der Waals surface area contributed by atoms with E-state index in [1.807, 2.05) is 35.2 Å². The molecular weight excluding hydrogens is 544 g/mol. The molecule has 41 heavy (non-hydrogen) atoms. The molecule has 0 saturated carbocycles. The Bertz CT molecular complexity index is 1620. The lowest BCUT2D eigenvalue weighted by molar-refractivity contribution is 0.122. The summed E-state index contributed by atoms with van der Waals surface area (Å²) in [4.78, 5) is 18.0. The van der Waals surface area contributed by atoms with Crippen LogP contribution in [-0.4, -0.2) is 90.4 Å². The molecule has 6 rings (SSSR count). The lowest BCUT2D eigenvalue weighted by Gasteiger charge is -2.29. The van der Waals surface area contributed by atoms with E-state index in [-0.39, 0.29) is 11.0 Å². The number of sulfone groups is 1. The summed E-state index contributed by atoms with van der Waals surface area (Å²) < 4.78 is 30.4. The summed E-state index contributed by atoms with van der Waals surface area (Å²) in [5.41, 5.74) is 3.77. The van der Waals surface area contributed by atoms with E-state index in [0.717, 1.165) is 36.3 Å². The number of anilines is 4. The number of aromatic amines is 1. The van der Waals surface area contributed by atoms with Crippen molar-refractivity contribution in [3.63, 3.8) is 0 Å². The van der Waals surface area contributed by atoms with E-state index >= 15 is 0 Å². The van der Waals surface area contributed by atoms with Crippen molar-refractivity contribution in [3.05, 3.63) is 54.7 Å². The second-order valence-corrected chi connectivity index (χ2v) is 12.3. The zero-order chi connectivity index (χ0) is 28.4. The van der Waals surface area contributed by atoms with Gasteiger partial charge in [-0.3, -0.25) is 5.10 Å². The molecule has 0 aliphatic carbocycles. The minimum atomic E-state index is -3.43. The van der Waals surface area contributed by atoms with Crippen LogP contribution in [0.15, 0.2) is 59.6 Å². The fourth-order valence-corrected chi connectivity index (χ4v) is 5.71. The van der Waals surface area contributed by atoms with E-state index in [2.05, 4.69) is 35.4 Å². The van der Waals surface area contributed by atoms with Gasteiger partial charge >= 0.3 is 0 Å². The Morgan fingerprint density at radius 3 is 2.56 bits per heavy atom. The zero-order valence-corrected chi connectivity index (χ0v) is 23.5. The fraction of sp³-hybridized carbons (Fsp3) is 0.357. The predicted octanol–water partition coefficient (Wildman–Crippen LogP) is 2.87. The van der Waals surface area contributed by atoms with Crippen molar-refractivity contribution in [2.24, 2.45) is 0 Å². The third-order valence-corrected chi connectivity index (χ3v) is 8.31. The number of H-pyrrole nitrogens is 1. The molecule has 12 nitrogen and oxygen atoms in total. The highest BCUT2D eigenvalue weighted by atomic mass is 32.2. The molecule has 4 heterocycles. The van der Waals surface area contributed by atoms with Crippen molar-refractivity contribution < 1.29 is 18.3 Å². The van der Waals surface area contributed by atoms with Gasteiger partial charge in [0, 0.05) is 61.1 Å². The molecule has 2 fully saturated rings. The first-order valence-electron chi connectivity index (χ1n) is 13.6. The summed E-state index contributed by atoms with van der Waals surface area (Å²) in [7, 11) is -3.43. The molecule has 2 aromatic carbocycles. The number of ether oxygens (including phenoxy) is 1. The van der Waals surface area contributed by atoms with E-state index in [1.165, 1.54) is 6.26 Å². The smallest absolute Gasteiger partial charge is 0.245 e. The van der Waals surface area contributed by atoms with Crippen LogP contribution >= 0.6 is 0 Å². The van der Waals surface area contributed by atoms with E-state index in [1.54, 1.807) is 24.4 Å². The lowest BCUT2D eigenvalue weighted by atomic mass is 10.1. The Balaban J connectivity index is 1.20. The standard InChI is InChI=1S/C28H32N8O4S/c1-41(38,39)24-16-20(15-22(17-24)35-11-13-40-14-12-35)25-8-9-29-27(31-25)30-21-6-4-19(5-7-21)26-32-28(34-33-26)36-10-2-3-23(37)18-36/h4-9,15-17,23,37H,2-3,10-14,18H2,1H3,(H,29,30,31)(H,32,33,34). The van der Waals surface area contributed by atoms with E-state index in [4.69, 9.17) is 4.74 Å². The summed E-state index contributed by atoms with van der Waals surface area (Å²) in [6, 6.07) is 14.7. The first-order valence-corrected chi connectivity index (χ1v) is 15.5. The third kappa shape index (κ3) is 6.32. The summed E-state index contributed by atoms with van der Waals surface area (Å²) in [5, 5.41) is 20.5. The fourth-order valence-electron chi connectivity index (χ4n) is 5.03. The monoisotopic (exact) mass is 576 g/mol. The highest BCUT2D eigenvalue weighted by molar-refractivity contribution is 7.90. The van der Waals surface area contributed by atoms with Crippen molar-refractivity contribution in [1.29, 1.82) is 0 Å². The highest BCUT2D eigenvalue weighted by Crippen LogP contribution is 2.30. The Kier molecular flexibility index (Phi) is 7.56. The van der Waals surface area contributed by atoms with Crippen LogP contribution in [0.4, 0.5) is 23.3 Å². The predicted molar refractivity (Wildman–Crippen MR) is 156 cm³/mol. The Morgan fingerprint density at radius 2 is 1.80 bits per heavy atom. The lowest BCUT2D eigenvalue weighted by Crippen LogP contribution is -2.38. The maximum absolute atomic E-state index is 12.5. The number of aliphatic hydroxyl groups excluding tert-OH is 1. The number of nitrogens with one attached hydrogen (secondary N) is 2. The molecule has 0 amide bonds. The number of rotatable bonds is 7. The second-order valence-electron chi connectivity index (χ2n) is 10.3. The number of piperidine rings is 1. The average Bonchev–Trinajstić information content (AvgIpc) is 3.48. The van der Waals surface area contributed by atoms with Crippen molar-refractivity contribution in [3.8, 4) is 22.6 Å². The molecule has 1 unspecified atom stereocenters. The largest absolute Gasteiger partial charge is 0.391 e. The molecule has 1 atom stereocenters. The van der Waals surface area contributed by atoms with Gasteiger partial charge in [-0.15, -0.1) is 5.10 Å². The molecule has 13 heteroatoms. The van der Waals surface area contributed by atoms with Gasteiger partial charge in [0.15, 0.2) is 15.7 Å². The molecular formula is C28H32N8O4S. The second kappa shape index (κ2) is 11.4. The minimum Gasteiger partial charge on any atom is -0.391 e. The molecule has 4 aromatic rings. The Hall–Kier alpha value is -4.07. The van der Waals surface area contributed by atoms with Crippen LogP contribution in [0.25, 0.3) is 22.6 Å². The van der Waals surface area contributed by atoms with Crippen LogP contribution in [0.5, 0.6) is 0 Å². The number of nitrogens with zero attached hydrogens (tertiary/aromatic N) is 6. The van der Waals surface area contributed by atoms with Gasteiger partial charge in [-0.25, -0.2) is 18.4 Å². The molecule has 0 radical (unpaired) electrons. The van der Waals surface area contributed by atoms with E-state index in [0.29, 0.717) is 61.8 Å². The van der Waals surface area contributed by atoms with Gasteiger partial charge in [0.05, 0.1) is 29.9 Å². The van der Waals surface area contributed by atoms with Crippen LogP contribution < -0.4 is 15.1 Å². The quantitative estimate of drug-likeness (QED) is 0.298. The first-order chi connectivity index (χ1) is 19.8. The van der Waals surface area contributed by atoms with Crippen molar-refractivity contribution in [1.82, 2.24) is 25.1 Å². The number of β-amino-alcohol motifs (C(OH)–C–C–N with tert-alkyl or cyclic N) is 1. The molecule has 2 aliphatic heterocycles. The maximum atomic E-state index is 12.5. The van der Waals surface area contributed by atoms with Crippen molar-refractivity contribution >= 4 is 33.1 Å². The summed E-state index contributed by atoms with van der Waals surface area (Å²) in [5.74, 6) is 1.62. The van der Waals surface area contributed by atoms with Crippen LogP contribution in [0, 0.1) is 0 Å². The molecule has 2 aromatic heterocycles. The van der Waals surface area contributed by atoms with Gasteiger partial charge in [-0.05, 0) is 61.4 Å². The number of aliphatic hydroxyl groups is 1. The highest BCUT2D eigenvalue weighted by Gasteiger charge is 2.21. The number of hydrogen-bond acceptors (Lipinski definition) is 11. The van der Waals surface area contributed by atoms with Crippen molar-refractivity contribution in [2.75, 3.05) is 60.8 Å². The van der Waals surface area contributed by atoms with Gasteiger partial charge in [-0.1, -0.05) is 0 Å². The van der Waals surface area contributed by atoms with Gasteiger partial charge in [0.1, 0.15) is 0 Å². The zero-order valence-electron chi connectivity index (χ0n) is 22.7. The number of morpholine rings is 1. The van der Waals surface area contributed by atoms with Gasteiger partial charge in [-0.2, -0.15) is 4.98 Å². The van der Waals surface area contributed by atoms with Crippen LogP contribution in [0.3, 0.4) is 0 Å². The molecule has 0 bridgehead atoms. The van der Waals surface area contributed by atoms with Crippen molar-refractivity contribution in [2.45, 2.75) is 23.8 Å². The van der Waals surface area contributed by atoms with Crippen LogP contribution in [0.2, 0.25) is 0 Å². The number of benzene rings is 2. The normalized spacial score (nSPS) is 18.0. The number of aromatic nitrogens is 5. The van der Waals surface area contributed by atoms with Crippen LogP contribution in [-0.2, 0) is 14.6 Å². The molecule has 3 N–H and O–H groups in total. The molecule has 0 spiro atoms. The van der Waals surface area contributed by atoms with Crippen LogP contribution in [0.1, 0.15) is 12.8 Å². The van der Waals surface area contributed by atoms with Gasteiger partial charge in [0.25, 0.3) is 0 Å². The Morgan fingerprint density at radius 1 is 1.00 bits per heavy atom. The van der Waals surface area contributed by atoms with E-state index in [9.17, 15) is 13.5 Å². The third-order valence-electron chi connectivity index (χ3n) is 7.21. The van der Waals surface area contributed by atoms with Gasteiger partial charge in [0.2, 0.25) is 11.9 Å². The molecule has 2 saturated heterocycles. The molecule has 2 aliphatic rings. The van der Waals surface area contributed by atoms with Gasteiger partial charge < -0.3 is 25.0 Å². The topological polar surface area (TPSA) is 149 Å². The minimum absolute atomic E-state index is 0.243. The Labute approximate surface area is 238 Å². The first kappa shape index (κ1) is 27.1. The SMILES string of the molecule is CS(=O)(=O)c1cc(-c2ccnc(Nc3ccc(-c4nc(N5CCCC(O)C5)n[nH]4)cc3)n2)cc(N2CCOCC2)c1. The molecule has 214 valence electrons. The average molecular weight is 577 g/mol. The maximum Gasteiger partial charge on any atom is 0.245 e. The summed E-state index contributed by atoms with van der Waals surface area (Å²) in [6.45, 7) is 3.93. The summed E-state index contributed by atoms with van der Waals surface area (Å²) in [6.07, 6.45) is 4.22. The number of hydrogen-bond donors (Lipinski definition) is 3. The van der Waals surface area contributed by atoms with E-state index < -0.39 is 9.84 Å².